The Morgan fingerprint density at radius 2 is 1.95 bits per heavy atom. The quantitative estimate of drug-likeness (QED) is 0.881. The smallest absolute Gasteiger partial charge is 0.243 e. The number of nitrogens with zero attached hydrogens (tertiary/aromatic N) is 1. The number of hydrogen-bond acceptors (Lipinski definition) is 4. The molecule has 0 radical (unpaired) electrons. The second-order valence-electron chi connectivity index (χ2n) is 4.83. The van der Waals surface area contributed by atoms with Gasteiger partial charge in [0.2, 0.25) is 10.0 Å². The highest BCUT2D eigenvalue weighted by Crippen LogP contribution is 2.21. The number of sulfonamides is 1. The van der Waals surface area contributed by atoms with Gasteiger partial charge < -0.3 is 10.1 Å². The first kappa shape index (κ1) is 15.4. The van der Waals surface area contributed by atoms with Gasteiger partial charge in [0.05, 0.1) is 18.1 Å². The summed E-state index contributed by atoms with van der Waals surface area (Å²) in [5, 5.41) is 3.09. The van der Waals surface area contributed by atoms with E-state index >= 15 is 0 Å². The number of benzene rings is 1. The molecule has 0 unspecified atom stereocenters. The molecular weight excluding hydrogens is 276 g/mol. The third-order valence-electron chi connectivity index (χ3n) is 3.53. The normalized spacial score (nSPS) is 17.3. The van der Waals surface area contributed by atoms with Crippen molar-refractivity contribution >= 4 is 10.0 Å². The lowest BCUT2D eigenvalue weighted by molar-refractivity contribution is 0.0730. The van der Waals surface area contributed by atoms with Crippen molar-refractivity contribution in [2.24, 2.45) is 0 Å². The van der Waals surface area contributed by atoms with Crippen molar-refractivity contribution in [2.45, 2.75) is 24.8 Å². The summed E-state index contributed by atoms with van der Waals surface area (Å²) < 4.78 is 31.9. The molecule has 0 amide bonds. The highest BCUT2D eigenvalue weighted by atomic mass is 32.2. The molecule has 1 fully saturated rings. The molecule has 1 aliphatic heterocycles. The van der Waals surface area contributed by atoms with Crippen molar-refractivity contribution < 1.29 is 13.2 Å². The lowest BCUT2D eigenvalue weighted by Crippen LogP contribution is -2.40. The van der Waals surface area contributed by atoms with Crippen LogP contribution in [0.4, 0.5) is 0 Å². The van der Waals surface area contributed by atoms with Crippen molar-refractivity contribution in [3.63, 3.8) is 0 Å². The van der Waals surface area contributed by atoms with Crippen molar-refractivity contribution in [3.8, 4) is 0 Å². The van der Waals surface area contributed by atoms with Gasteiger partial charge in [-0.25, -0.2) is 8.42 Å². The predicted molar refractivity (Wildman–Crippen MR) is 78.2 cm³/mol. The van der Waals surface area contributed by atoms with Gasteiger partial charge in [-0.1, -0.05) is 13.0 Å². The molecule has 1 saturated heterocycles. The van der Waals surface area contributed by atoms with Gasteiger partial charge in [-0.05, 0) is 36.7 Å². The summed E-state index contributed by atoms with van der Waals surface area (Å²) in [6, 6.07) is 5.42. The Hall–Kier alpha value is -0.950. The zero-order valence-electron chi connectivity index (χ0n) is 12.1. The van der Waals surface area contributed by atoms with Crippen LogP contribution in [0.3, 0.4) is 0 Å². The average molecular weight is 298 g/mol. The van der Waals surface area contributed by atoms with Crippen molar-refractivity contribution in [1.29, 1.82) is 0 Å². The molecular formula is C14H22N2O3S. The Kier molecular flexibility index (Phi) is 5.15. The molecule has 0 aromatic heterocycles. The molecule has 0 aliphatic carbocycles. The number of rotatable bonds is 5. The Morgan fingerprint density at radius 3 is 2.55 bits per heavy atom. The maximum absolute atomic E-state index is 12.6. The zero-order chi connectivity index (χ0) is 14.6. The third-order valence-corrected chi connectivity index (χ3v) is 5.43. The van der Waals surface area contributed by atoms with E-state index in [1.807, 2.05) is 13.1 Å². The summed E-state index contributed by atoms with van der Waals surface area (Å²) in [6.07, 6.45) is 0.898. The van der Waals surface area contributed by atoms with Crippen LogP contribution in [0, 0.1) is 0 Å². The van der Waals surface area contributed by atoms with E-state index in [0.717, 1.165) is 12.0 Å². The Morgan fingerprint density at radius 1 is 1.25 bits per heavy atom. The van der Waals surface area contributed by atoms with E-state index < -0.39 is 10.0 Å². The van der Waals surface area contributed by atoms with Gasteiger partial charge in [0, 0.05) is 19.6 Å². The molecule has 5 nitrogen and oxygen atoms in total. The van der Waals surface area contributed by atoms with Crippen LogP contribution in [0.15, 0.2) is 23.1 Å². The molecule has 0 saturated carbocycles. The molecule has 1 aliphatic rings. The number of nitrogens with one attached hydrogen (secondary N) is 1. The van der Waals surface area contributed by atoms with Crippen LogP contribution >= 0.6 is 0 Å². The van der Waals surface area contributed by atoms with E-state index in [2.05, 4.69) is 12.2 Å². The predicted octanol–water partition coefficient (Wildman–Crippen LogP) is 0.989. The fraction of sp³-hybridized carbons (Fsp3) is 0.571. The molecule has 1 aromatic carbocycles. The van der Waals surface area contributed by atoms with Gasteiger partial charge in [-0.3, -0.25) is 0 Å². The fourth-order valence-corrected chi connectivity index (χ4v) is 3.86. The second-order valence-corrected chi connectivity index (χ2v) is 6.77. The SMILES string of the molecule is CCc1ccc(S(=O)(=O)N2CCOCC2)cc1CNC. The van der Waals surface area contributed by atoms with Gasteiger partial charge in [-0.15, -0.1) is 0 Å². The minimum absolute atomic E-state index is 0.377. The molecule has 1 aromatic rings. The average Bonchev–Trinajstić information content (AvgIpc) is 2.48. The molecule has 2 rings (SSSR count). The van der Waals surface area contributed by atoms with Crippen LogP contribution < -0.4 is 5.32 Å². The summed E-state index contributed by atoms with van der Waals surface area (Å²) in [5.41, 5.74) is 2.23. The van der Waals surface area contributed by atoms with Gasteiger partial charge in [0.15, 0.2) is 0 Å². The highest BCUT2D eigenvalue weighted by molar-refractivity contribution is 7.89. The van der Waals surface area contributed by atoms with E-state index in [9.17, 15) is 8.42 Å². The molecule has 6 heteroatoms. The van der Waals surface area contributed by atoms with E-state index in [4.69, 9.17) is 4.74 Å². The van der Waals surface area contributed by atoms with Gasteiger partial charge in [0.1, 0.15) is 0 Å². The fourth-order valence-electron chi connectivity index (χ4n) is 2.40. The van der Waals surface area contributed by atoms with Gasteiger partial charge >= 0.3 is 0 Å². The lowest BCUT2D eigenvalue weighted by Gasteiger charge is -2.26. The molecule has 0 bridgehead atoms. The monoisotopic (exact) mass is 298 g/mol. The van der Waals surface area contributed by atoms with E-state index in [1.165, 1.54) is 9.87 Å². The van der Waals surface area contributed by atoms with Gasteiger partial charge in [0.25, 0.3) is 0 Å². The number of morpholine rings is 1. The molecule has 20 heavy (non-hydrogen) atoms. The topological polar surface area (TPSA) is 58.6 Å². The Labute approximate surface area is 121 Å². The van der Waals surface area contributed by atoms with Crippen molar-refractivity contribution in [2.75, 3.05) is 33.4 Å². The summed E-state index contributed by atoms with van der Waals surface area (Å²) in [5.74, 6) is 0. The molecule has 0 spiro atoms. The first-order chi connectivity index (χ1) is 9.59. The van der Waals surface area contributed by atoms with E-state index in [-0.39, 0.29) is 0 Å². The number of aryl methyl sites for hydroxylation is 1. The number of hydrogen-bond donors (Lipinski definition) is 1. The second kappa shape index (κ2) is 6.67. The maximum Gasteiger partial charge on any atom is 0.243 e. The first-order valence-electron chi connectivity index (χ1n) is 6.94. The lowest BCUT2D eigenvalue weighted by atomic mass is 10.1. The summed E-state index contributed by atoms with van der Waals surface area (Å²) in [7, 11) is -1.54. The van der Waals surface area contributed by atoms with Crippen LogP contribution in [-0.4, -0.2) is 46.1 Å². The van der Waals surface area contributed by atoms with E-state index in [1.54, 1.807) is 12.1 Å². The Bertz CT molecular complexity index is 552. The molecule has 1 N–H and O–H groups in total. The Balaban J connectivity index is 2.33. The third kappa shape index (κ3) is 3.20. The maximum atomic E-state index is 12.6. The van der Waals surface area contributed by atoms with Crippen LogP contribution in [-0.2, 0) is 27.7 Å². The zero-order valence-corrected chi connectivity index (χ0v) is 12.9. The van der Waals surface area contributed by atoms with Crippen LogP contribution in [0.1, 0.15) is 18.1 Å². The standard InChI is InChI=1S/C14H22N2O3S/c1-3-12-4-5-14(10-13(12)11-15-2)20(17,18)16-6-8-19-9-7-16/h4-5,10,15H,3,6-9,11H2,1-2H3. The minimum atomic E-state index is -3.40. The van der Waals surface area contributed by atoms with Crippen molar-refractivity contribution in [1.82, 2.24) is 9.62 Å². The first-order valence-corrected chi connectivity index (χ1v) is 8.38. The van der Waals surface area contributed by atoms with Crippen molar-refractivity contribution in [3.05, 3.63) is 29.3 Å². The summed E-state index contributed by atoms with van der Waals surface area (Å²) >= 11 is 0. The summed E-state index contributed by atoms with van der Waals surface area (Å²) in [6.45, 7) is 4.55. The molecule has 0 atom stereocenters. The largest absolute Gasteiger partial charge is 0.379 e. The summed E-state index contributed by atoms with van der Waals surface area (Å²) in [4.78, 5) is 0.377. The number of ether oxygens (including phenoxy) is 1. The van der Waals surface area contributed by atoms with Crippen LogP contribution in [0.2, 0.25) is 0 Å². The van der Waals surface area contributed by atoms with E-state index in [0.29, 0.717) is 37.7 Å². The molecule has 1 heterocycles. The highest BCUT2D eigenvalue weighted by Gasteiger charge is 2.26. The van der Waals surface area contributed by atoms with Gasteiger partial charge in [-0.2, -0.15) is 4.31 Å². The molecule has 112 valence electrons. The van der Waals surface area contributed by atoms with Crippen LogP contribution in [0.25, 0.3) is 0 Å². The van der Waals surface area contributed by atoms with Crippen LogP contribution in [0.5, 0.6) is 0 Å². The minimum Gasteiger partial charge on any atom is -0.379 e.